The molecular formula is C20H20BrN3O3S. The van der Waals surface area contributed by atoms with Crippen molar-refractivity contribution in [3.05, 3.63) is 46.4 Å². The van der Waals surface area contributed by atoms with Crippen LogP contribution in [0.3, 0.4) is 0 Å². The molecule has 2 aromatic carbocycles. The number of amides is 1. The number of anilines is 1. The van der Waals surface area contributed by atoms with Crippen molar-refractivity contribution in [3.63, 3.8) is 0 Å². The fourth-order valence-electron chi connectivity index (χ4n) is 3.02. The molecule has 0 atom stereocenters. The first-order chi connectivity index (χ1) is 13.5. The molecule has 1 aliphatic heterocycles. The minimum atomic E-state index is -0.0878. The highest BCUT2D eigenvalue weighted by Crippen LogP contribution is 2.35. The van der Waals surface area contributed by atoms with Crippen LogP contribution in [0.4, 0.5) is 5.13 Å². The molecule has 1 amide bonds. The zero-order chi connectivity index (χ0) is 19.7. The fraction of sp³-hybridized carbons (Fsp3) is 0.300. The summed E-state index contributed by atoms with van der Waals surface area (Å²) in [6, 6.07) is 11.2. The lowest BCUT2D eigenvalue weighted by atomic mass is 10.1. The standard InChI is InChI=1S/C20H20BrN3O3S/c1-23(2)8-3-9-24(20-22-15-6-5-14(21)11-18(15)28-20)19(25)13-4-7-16-17(10-13)27-12-26-16/h4-7,10-11H,3,8-9,12H2,1-2H3. The number of hydrogen-bond donors (Lipinski definition) is 0. The molecule has 0 unspecified atom stereocenters. The zero-order valence-corrected chi connectivity index (χ0v) is 18.0. The van der Waals surface area contributed by atoms with Crippen molar-refractivity contribution in [2.24, 2.45) is 0 Å². The second-order valence-corrected chi connectivity index (χ2v) is 8.71. The highest BCUT2D eigenvalue weighted by atomic mass is 79.9. The highest BCUT2D eigenvalue weighted by Gasteiger charge is 2.23. The van der Waals surface area contributed by atoms with E-state index in [9.17, 15) is 4.79 Å². The second-order valence-electron chi connectivity index (χ2n) is 6.79. The molecule has 0 aliphatic carbocycles. The van der Waals surface area contributed by atoms with Crippen LogP contribution in [0.2, 0.25) is 0 Å². The Hall–Kier alpha value is -2.16. The molecular weight excluding hydrogens is 442 g/mol. The lowest BCUT2D eigenvalue weighted by molar-refractivity contribution is 0.0985. The molecule has 2 heterocycles. The van der Waals surface area contributed by atoms with E-state index in [4.69, 9.17) is 14.5 Å². The Kier molecular flexibility index (Phi) is 5.52. The number of hydrogen-bond acceptors (Lipinski definition) is 6. The predicted molar refractivity (Wildman–Crippen MR) is 115 cm³/mol. The van der Waals surface area contributed by atoms with Crippen LogP contribution in [0.5, 0.6) is 11.5 Å². The van der Waals surface area contributed by atoms with Gasteiger partial charge in [-0.1, -0.05) is 27.3 Å². The van der Waals surface area contributed by atoms with Crippen molar-refractivity contribution in [2.45, 2.75) is 6.42 Å². The van der Waals surface area contributed by atoms with Crippen LogP contribution >= 0.6 is 27.3 Å². The fourth-order valence-corrected chi connectivity index (χ4v) is 4.56. The maximum atomic E-state index is 13.3. The Morgan fingerprint density at radius 2 is 1.96 bits per heavy atom. The molecule has 0 saturated heterocycles. The molecule has 1 aliphatic rings. The smallest absolute Gasteiger partial charge is 0.260 e. The summed E-state index contributed by atoms with van der Waals surface area (Å²) in [6.45, 7) is 1.67. The van der Waals surface area contributed by atoms with E-state index in [2.05, 4.69) is 20.8 Å². The largest absolute Gasteiger partial charge is 0.454 e. The van der Waals surface area contributed by atoms with E-state index < -0.39 is 0 Å². The number of thiazole rings is 1. The van der Waals surface area contributed by atoms with Crippen LogP contribution in [0, 0.1) is 0 Å². The monoisotopic (exact) mass is 461 g/mol. The van der Waals surface area contributed by atoms with Crippen LogP contribution < -0.4 is 14.4 Å². The lowest BCUT2D eigenvalue weighted by Crippen LogP contribution is -2.33. The van der Waals surface area contributed by atoms with Gasteiger partial charge in [-0.15, -0.1) is 0 Å². The summed E-state index contributed by atoms with van der Waals surface area (Å²) in [5, 5.41) is 0.703. The van der Waals surface area contributed by atoms with E-state index in [1.165, 1.54) is 11.3 Å². The van der Waals surface area contributed by atoms with Gasteiger partial charge in [-0.25, -0.2) is 4.98 Å². The molecule has 146 valence electrons. The van der Waals surface area contributed by atoms with Crippen molar-refractivity contribution >= 4 is 48.5 Å². The number of aromatic nitrogens is 1. The van der Waals surface area contributed by atoms with Gasteiger partial charge in [-0.05, 0) is 63.5 Å². The normalized spacial score (nSPS) is 12.7. The molecule has 3 aromatic rings. The van der Waals surface area contributed by atoms with E-state index in [1.807, 2.05) is 32.3 Å². The van der Waals surface area contributed by atoms with E-state index in [1.54, 1.807) is 23.1 Å². The van der Waals surface area contributed by atoms with Gasteiger partial charge in [-0.3, -0.25) is 9.69 Å². The summed E-state index contributed by atoms with van der Waals surface area (Å²) in [6.07, 6.45) is 0.850. The van der Waals surface area contributed by atoms with Crippen molar-refractivity contribution in [1.82, 2.24) is 9.88 Å². The number of halogens is 1. The van der Waals surface area contributed by atoms with Crippen LogP contribution in [-0.2, 0) is 0 Å². The predicted octanol–water partition coefficient (Wildman–Crippen LogP) is 4.39. The number of fused-ring (bicyclic) bond motifs is 2. The van der Waals surface area contributed by atoms with Crippen LogP contribution in [0.15, 0.2) is 40.9 Å². The molecule has 0 fully saturated rings. The van der Waals surface area contributed by atoms with Crippen LogP contribution in [0.1, 0.15) is 16.8 Å². The summed E-state index contributed by atoms with van der Waals surface area (Å²) in [5.74, 6) is 1.18. The number of carbonyl (C=O) groups is 1. The molecule has 1 aromatic heterocycles. The second kappa shape index (κ2) is 8.06. The molecule has 8 heteroatoms. The maximum Gasteiger partial charge on any atom is 0.260 e. The number of nitrogens with zero attached hydrogens (tertiary/aromatic N) is 3. The van der Waals surface area contributed by atoms with Gasteiger partial charge < -0.3 is 14.4 Å². The number of carbonyl (C=O) groups excluding carboxylic acids is 1. The van der Waals surface area contributed by atoms with Gasteiger partial charge in [0.2, 0.25) is 6.79 Å². The minimum absolute atomic E-state index is 0.0878. The summed E-state index contributed by atoms with van der Waals surface area (Å²) in [5.41, 5.74) is 1.45. The molecule has 6 nitrogen and oxygen atoms in total. The average molecular weight is 462 g/mol. The molecule has 4 rings (SSSR count). The number of rotatable bonds is 6. The molecule has 0 bridgehead atoms. The summed E-state index contributed by atoms with van der Waals surface area (Å²) in [4.78, 5) is 21.9. The number of ether oxygens (including phenoxy) is 2. The Morgan fingerprint density at radius 3 is 2.79 bits per heavy atom. The van der Waals surface area contributed by atoms with Crippen molar-refractivity contribution in [2.75, 3.05) is 38.9 Å². The first kappa shape index (κ1) is 19.2. The van der Waals surface area contributed by atoms with E-state index in [-0.39, 0.29) is 12.7 Å². The Bertz CT molecular complexity index is 1020. The minimum Gasteiger partial charge on any atom is -0.454 e. The van der Waals surface area contributed by atoms with Gasteiger partial charge in [-0.2, -0.15) is 0 Å². The first-order valence-corrected chi connectivity index (χ1v) is 10.5. The zero-order valence-electron chi connectivity index (χ0n) is 15.6. The van der Waals surface area contributed by atoms with Crippen LogP contribution in [-0.4, -0.2) is 49.8 Å². The van der Waals surface area contributed by atoms with Crippen molar-refractivity contribution < 1.29 is 14.3 Å². The molecule has 0 N–H and O–H groups in total. The van der Waals surface area contributed by atoms with Gasteiger partial charge in [0.1, 0.15) is 0 Å². The van der Waals surface area contributed by atoms with Gasteiger partial charge >= 0.3 is 0 Å². The molecule has 0 spiro atoms. The van der Waals surface area contributed by atoms with Gasteiger partial charge in [0.15, 0.2) is 16.6 Å². The Morgan fingerprint density at radius 1 is 1.14 bits per heavy atom. The SMILES string of the molecule is CN(C)CCCN(C(=O)c1ccc2c(c1)OCO2)c1nc2ccc(Br)cc2s1. The third-order valence-corrected chi connectivity index (χ3v) is 5.96. The lowest BCUT2D eigenvalue weighted by Gasteiger charge is -2.21. The summed E-state index contributed by atoms with van der Waals surface area (Å²) in [7, 11) is 4.05. The summed E-state index contributed by atoms with van der Waals surface area (Å²) >= 11 is 5.02. The molecule has 0 radical (unpaired) electrons. The third-order valence-electron chi connectivity index (χ3n) is 4.42. The molecule has 28 heavy (non-hydrogen) atoms. The van der Waals surface area contributed by atoms with Gasteiger partial charge in [0, 0.05) is 16.6 Å². The van der Waals surface area contributed by atoms with Gasteiger partial charge in [0.25, 0.3) is 5.91 Å². The van der Waals surface area contributed by atoms with E-state index in [0.29, 0.717) is 28.7 Å². The highest BCUT2D eigenvalue weighted by molar-refractivity contribution is 9.10. The van der Waals surface area contributed by atoms with Crippen molar-refractivity contribution in [1.29, 1.82) is 0 Å². The third kappa shape index (κ3) is 3.99. The van der Waals surface area contributed by atoms with Gasteiger partial charge in [0.05, 0.1) is 10.2 Å². The quantitative estimate of drug-likeness (QED) is 0.544. The first-order valence-electron chi connectivity index (χ1n) is 8.93. The van der Waals surface area contributed by atoms with Crippen molar-refractivity contribution in [3.8, 4) is 11.5 Å². The van der Waals surface area contributed by atoms with Crippen LogP contribution in [0.25, 0.3) is 10.2 Å². The Balaban J connectivity index is 1.66. The summed E-state index contributed by atoms with van der Waals surface area (Å²) < 4.78 is 12.8. The Labute approximate surface area is 175 Å². The van der Waals surface area contributed by atoms with E-state index >= 15 is 0 Å². The number of benzene rings is 2. The molecule has 0 saturated carbocycles. The maximum absolute atomic E-state index is 13.3. The topological polar surface area (TPSA) is 54.9 Å². The average Bonchev–Trinajstić information content (AvgIpc) is 3.29. The van der Waals surface area contributed by atoms with E-state index in [0.717, 1.165) is 27.7 Å².